The molecule has 2 aliphatic rings. The van der Waals surface area contributed by atoms with Gasteiger partial charge in [0, 0.05) is 19.1 Å². The molecule has 2 rings (SSSR count). The van der Waals surface area contributed by atoms with Crippen LogP contribution >= 0.6 is 12.4 Å². The molecule has 0 heterocycles. The van der Waals surface area contributed by atoms with Crippen molar-refractivity contribution < 1.29 is 4.79 Å². The summed E-state index contributed by atoms with van der Waals surface area (Å²) in [4.78, 5) is 14.3. The van der Waals surface area contributed by atoms with Crippen LogP contribution in [0.3, 0.4) is 0 Å². The van der Waals surface area contributed by atoms with Crippen molar-refractivity contribution in [1.82, 2.24) is 4.90 Å². The predicted octanol–water partition coefficient (Wildman–Crippen LogP) is 2.33. The zero-order valence-corrected chi connectivity index (χ0v) is 11.5. The maximum atomic E-state index is 12.3. The molecule has 0 radical (unpaired) electrons. The molecule has 2 N–H and O–H groups in total. The van der Waals surface area contributed by atoms with E-state index in [-0.39, 0.29) is 24.4 Å². The molecule has 0 aromatic rings. The SMILES string of the molecule is CN(C(=O)C1CCCC1N)C1CCCCC1.Cl. The lowest BCUT2D eigenvalue weighted by Gasteiger charge is -2.33. The van der Waals surface area contributed by atoms with E-state index in [4.69, 9.17) is 5.73 Å². The summed E-state index contributed by atoms with van der Waals surface area (Å²) in [5.74, 6) is 0.406. The third kappa shape index (κ3) is 3.35. The number of nitrogens with zero attached hydrogens (tertiary/aromatic N) is 1. The van der Waals surface area contributed by atoms with Gasteiger partial charge in [-0.05, 0) is 25.7 Å². The lowest BCUT2D eigenvalue weighted by molar-refractivity contribution is -0.137. The summed E-state index contributed by atoms with van der Waals surface area (Å²) >= 11 is 0. The van der Waals surface area contributed by atoms with Gasteiger partial charge in [-0.1, -0.05) is 25.7 Å². The number of carbonyl (C=O) groups is 1. The van der Waals surface area contributed by atoms with Crippen molar-refractivity contribution in [3.8, 4) is 0 Å². The van der Waals surface area contributed by atoms with Crippen LogP contribution in [0.1, 0.15) is 51.4 Å². The maximum Gasteiger partial charge on any atom is 0.227 e. The zero-order chi connectivity index (χ0) is 11.5. The fourth-order valence-corrected chi connectivity index (χ4v) is 3.21. The second kappa shape index (κ2) is 6.60. The minimum absolute atomic E-state index is 0. The third-order valence-corrected chi connectivity index (χ3v) is 4.36. The van der Waals surface area contributed by atoms with Gasteiger partial charge in [0.15, 0.2) is 0 Å². The highest BCUT2D eigenvalue weighted by molar-refractivity contribution is 5.85. The van der Waals surface area contributed by atoms with E-state index in [9.17, 15) is 4.79 Å². The minimum Gasteiger partial charge on any atom is -0.342 e. The van der Waals surface area contributed by atoms with E-state index in [2.05, 4.69) is 0 Å². The van der Waals surface area contributed by atoms with Crippen LogP contribution in [0.15, 0.2) is 0 Å². The van der Waals surface area contributed by atoms with E-state index in [0.717, 1.165) is 19.3 Å². The molecular formula is C13H25ClN2O. The molecule has 2 atom stereocenters. The maximum absolute atomic E-state index is 12.3. The zero-order valence-electron chi connectivity index (χ0n) is 10.7. The number of halogens is 1. The van der Waals surface area contributed by atoms with Crippen LogP contribution in [0.5, 0.6) is 0 Å². The molecule has 0 spiro atoms. The summed E-state index contributed by atoms with van der Waals surface area (Å²) in [5.41, 5.74) is 6.00. The van der Waals surface area contributed by atoms with Crippen LogP contribution in [-0.2, 0) is 4.79 Å². The smallest absolute Gasteiger partial charge is 0.227 e. The fourth-order valence-electron chi connectivity index (χ4n) is 3.21. The average Bonchev–Trinajstić information content (AvgIpc) is 2.75. The Balaban J connectivity index is 0.00000144. The molecule has 0 bridgehead atoms. The van der Waals surface area contributed by atoms with E-state index >= 15 is 0 Å². The summed E-state index contributed by atoms with van der Waals surface area (Å²) < 4.78 is 0. The monoisotopic (exact) mass is 260 g/mol. The van der Waals surface area contributed by atoms with Crippen molar-refractivity contribution in [3.63, 3.8) is 0 Å². The first kappa shape index (κ1) is 14.8. The average molecular weight is 261 g/mol. The quantitative estimate of drug-likeness (QED) is 0.828. The Bertz CT molecular complexity index is 254. The van der Waals surface area contributed by atoms with E-state index in [1.165, 1.54) is 32.1 Å². The Labute approximate surface area is 111 Å². The standard InChI is InChI=1S/C13H24N2O.ClH/c1-15(10-6-3-2-4-7-10)13(16)11-8-5-9-12(11)14;/h10-12H,2-9,14H2,1H3;1H. The van der Waals surface area contributed by atoms with Gasteiger partial charge >= 0.3 is 0 Å². The van der Waals surface area contributed by atoms with Gasteiger partial charge in [0.25, 0.3) is 0 Å². The van der Waals surface area contributed by atoms with Crippen molar-refractivity contribution in [2.45, 2.75) is 63.5 Å². The molecule has 0 aromatic heterocycles. The molecule has 0 aliphatic heterocycles. The molecule has 2 aliphatic carbocycles. The van der Waals surface area contributed by atoms with Gasteiger partial charge < -0.3 is 10.6 Å². The van der Waals surface area contributed by atoms with Gasteiger partial charge in [0.05, 0.1) is 5.92 Å². The van der Waals surface area contributed by atoms with Crippen molar-refractivity contribution >= 4 is 18.3 Å². The molecule has 0 saturated heterocycles. The molecule has 2 fully saturated rings. The fraction of sp³-hybridized carbons (Fsp3) is 0.923. The van der Waals surface area contributed by atoms with Gasteiger partial charge in [-0.15, -0.1) is 12.4 Å². The number of hydrogen-bond acceptors (Lipinski definition) is 2. The molecule has 17 heavy (non-hydrogen) atoms. The first-order valence-corrected chi connectivity index (χ1v) is 6.72. The molecule has 3 nitrogen and oxygen atoms in total. The summed E-state index contributed by atoms with van der Waals surface area (Å²) in [6, 6.07) is 0.590. The summed E-state index contributed by atoms with van der Waals surface area (Å²) in [6.45, 7) is 0. The first-order chi connectivity index (χ1) is 7.70. The highest BCUT2D eigenvalue weighted by atomic mass is 35.5. The Morgan fingerprint density at radius 1 is 1.06 bits per heavy atom. The van der Waals surface area contributed by atoms with Crippen LogP contribution in [-0.4, -0.2) is 29.9 Å². The topological polar surface area (TPSA) is 46.3 Å². The van der Waals surface area contributed by atoms with Crippen molar-refractivity contribution in [3.05, 3.63) is 0 Å². The van der Waals surface area contributed by atoms with Crippen LogP contribution in [0.25, 0.3) is 0 Å². The van der Waals surface area contributed by atoms with Gasteiger partial charge in [-0.3, -0.25) is 4.79 Å². The molecule has 2 saturated carbocycles. The van der Waals surface area contributed by atoms with Gasteiger partial charge in [0.2, 0.25) is 5.91 Å². The van der Waals surface area contributed by atoms with E-state index in [0.29, 0.717) is 11.9 Å². The molecular weight excluding hydrogens is 236 g/mol. The lowest BCUT2D eigenvalue weighted by atomic mass is 9.93. The Kier molecular flexibility index (Phi) is 5.74. The van der Waals surface area contributed by atoms with Gasteiger partial charge in [0.1, 0.15) is 0 Å². The second-order valence-electron chi connectivity index (χ2n) is 5.44. The van der Waals surface area contributed by atoms with Crippen molar-refractivity contribution in [1.29, 1.82) is 0 Å². The van der Waals surface area contributed by atoms with Crippen LogP contribution in [0.2, 0.25) is 0 Å². The molecule has 0 aromatic carbocycles. The van der Waals surface area contributed by atoms with Crippen molar-refractivity contribution in [2.24, 2.45) is 11.7 Å². The third-order valence-electron chi connectivity index (χ3n) is 4.36. The molecule has 1 amide bonds. The van der Waals surface area contributed by atoms with Crippen LogP contribution in [0.4, 0.5) is 0 Å². The summed E-state index contributed by atoms with van der Waals surface area (Å²) in [6.07, 6.45) is 9.40. The van der Waals surface area contributed by atoms with Crippen LogP contribution in [0, 0.1) is 5.92 Å². The lowest BCUT2D eigenvalue weighted by Crippen LogP contribution is -2.45. The highest BCUT2D eigenvalue weighted by Crippen LogP contribution is 2.28. The Morgan fingerprint density at radius 2 is 1.71 bits per heavy atom. The molecule has 100 valence electrons. The second-order valence-corrected chi connectivity index (χ2v) is 5.44. The number of rotatable bonds is 2. The largest absolute Gasteiger partial charge is 0.342 e. The minimum atomic E-state index is 0. The summed E-state index contributed by atoms with van der Waals surface area (Å²) in [7, 11) is 1.98. The van der Waals surface area contributed by atoms with E-state index in [1.54, 1.807) is 0 Å². The first-order valence-electron chi connectivity index (χ1n) is 6.72. The number of hydrogen-bond donors (Lipinski definition) is 1. The molecule has 2 unspecified atom stereocenters. The highest BCUT2D eigenvalue weighted by Gasteiger charge is 2.34. The molecule has 4 heteroatoms. The van der Waals surface area contributed by atoms with E-state index in [1.807, 2.05) is 11.9 Å². The predicted molar refractivity (Wildman–Crippen MR) is 72.2 cm³/mol. The van der Waals surface area contributed by atoms with Crippen molar-refractivity contribution in [2.75, 3.05) is 7.05 Å². The normalized spacial score (nSPS) is 29.8. The Morgan fingerprint density at radius 3 is 2.24 bits per heavy atom. The van der Waals surface area contributed by atoms with E-state index < -0.39 is 0 Å². The number of nitrogens with two attached hydrogens (primary N) is 1. The number of amides is 1. The number of carbonyl (C=O) groups excluding carboxylic acids is 1. The summed E-state index contributed by atoms with van der Waals surface area (Å²) in [5, 5.41) is 0. The Hall–Kier alpha value is -0.280. The van der Waals surface area contributed by atoms with Crippen LogP contribution < -0.4 is 5.73 Å². The van der Waals surface area contributed by atoms with Gasteiger partial charge in [-0.2, -0.15) is 0 Å². The van der Waals surface area contributed by atoms with Gasteiger partial charge in [-0.25, -0.2) is 0 Å².